The maximum Gasteiger partial charge on any atom is 0.330 e. The number of hydrogen-bond acceptors (Lipinski definition) is 5. The number of nitro groups is 1. The number of halogens is 1. The monoisotopic (exact) mass is 245 g/mol. The van der Waals surface area contributed by atoms with Gasteiger partial charge in [-0.3, -0.25) is 10.1 Å². The minimum Gasteiger partial charge on any atom is -0.468 e. The van der Waals surface area contributed by atoms with Crippen LogP contribution in [0.25, 0.3) is 0 Å². The third kappa shape index (κ3) is 2.80. The van der Waals surface area contributed by atoms with Crippen LogP contribution < -0.4 is 10.1 Å². The van der Waals surface area contributed by atoms with Gasteiger partial charge in [0, 0.05) is 18.8 Å². The molecule has 1 aliphatic heterocycles. The lowest BCUT2D eigenvalue weighted by molar-refractivity contribution is -0.386. The Hall–Kier alpha value is -1.40. The van der Waals surface area contributed by atoms with E-state index in [9.17, 15) is 10.1 Å². The van der Waals surface area contributed by atoms with Gasteiger partial charge in [0.25, 0.3) is 5.88 Å². The zero-order valence-electron chi connectivity index (χ0n) is 8.46. The summed E-state index contributed by atoms with van der Waals surface area (Å²) in [4.78, 5) is 14.1. The van der Waals surface area contributed by atoms with Crippen LogP contribution in [0.2, 0.25) is 0 Å². The highest BCUT2D eigenvalue weighted by Gasteiger charge is 2.22. The molecule has 1 atom stereocenters. The largest absolute Gasteiger partial charge is 0.468 e. The van der Waals surface area contributed by atoms with Crippen molar-refractivity contribution in [2.24, 2.45) is 0 Å². The summed E-state index contributed by atoms with van der Waals surface area (Å²) in [7, 11) is 0. The minimum atomic E-state index is -0.481. The highest BCUT2D eigenvalue weighted by molar-refractivity contribution is 5.85. The van der Waals surface area contributed by atoms with Crippen molar-refractivity contribution in [2.75, 3.05) is 13.1 Å². The molecule has 1 aromatic heterocycles. The van der Waals surface area contributed by atoms with Gasteiger partial charge in [-0.05, 0) is 19.0 Å². The Bertz CT molecular complexity index is 369. The number of ether oxygens (including phenoxy) is 1. The third-order valence-corrected chi connectivity index (χ3v) is 2.24. The summed E-state index contributed by atoms with van der Waals surface area (Å²) in [6.07, 6.45) is 2.33. The number of hydrogen-bond donors (Lipinski definition) is 1. The molecule has 0 radical (unpaired) electrons. The standard InChI is InChI=1S/C9H11N3O3.ClH/c13-12(14)8-2-1-4-11-9(8)15-7-3-5-10-6-7;/h1-2,4,7,10H,3,5-6H2;1H/t7-;/m1./s1. The molecule has 1 aliphatic rings. The van der Waals surface area contributed by atoms with Crippen molar-refractivity contribution in [3.63, 3.8) is 0 Å². The van der Waals surface area contributed by atoms with E-state index in [4.69, 9.17) is 4.74 Å². The summed E-state index contributed by atoms with van der Waals surface area (Å²) in [6, 6.07) is 2.92. The van der Waals surface area contributed by atoms with E-state index in [0.717, 1.165) is 13.0 Å². The van der Waals surface area contributed by atoms with Gasteiger partial charge in [0.15, 0.2) is 0 Å². The first-order chi connectivity index (χ1) is 7.27. The Balaban J connectivity index is 0.00000128. The van der Waals surface area contributed by atoms with E-state index in [1.807, 2.05) is 0 Å². The molecule has 1 N–H and O–H groups in total. The fourth-order valence-electron chi connectivity index (χ4n) is 1.50. The van der Waals surface area contributed by atoms with Crippen LogP contribution in [-0.4, -0.2) is 29.1 Å². The van der Waals surface area contributed by atoms with E-state index in [1.54, 1.807) is 0 Å². The van der Waals surface area contributed by atoms with Gasteiger partial charge in [0.1, 0.15) is 6.10 Å². The lowest BCUT2D eigenvalue weighted by Crippen LogP contribution is -2.20. The van der Waals surface area contributed by atoms with E-state index in [-0.39, 0.29) is 30.1 Å². The van der Waals surface area contributed by atoms with Crippen molar-refractivity contribution in [2.45, 2.75) is 12.5 Å². The van der Waals surface area contributed by atoms with Crippen molar-refractivity contribution in [1.82, 2.24) is 10.3 Å². The third-order valence-electron chi connectivity index (χ3n) is 2.24. The average Bonchev–Trinajstić information content (AvgIpc) is 2.71. The summed E-state index contributed by atoms with van der Waals surface area (Å²) in [5.41, 5.74) is -0.0793. The smallest absolute Gasteiger partial charge is 0.330 e. The van der Waals surface area contributed by atoms with Crippen LogP contribution in [0.3, 0.4) is 0 Å². The van der Waals surface area contributed by atoms with Crippen LogP contribution in [-0.2, 0) is 0 Å². The summed E-state index contributed by atoms with van der Waals surface area (Å²) >= 11 is 0. The highest BCUT2D eigenvalue weighted by atomic mass is 35.5. The lowest BCUT2D eigenvalue weighted by atomic mass is 10.3. The fraction of sp³-hybridized carbons (Fsp3) is 0.444. The first-order valence-electron chi connectivity index (χ1n) is 4.74. The van der Waals surface area contributed by atoms with Gasteiger partial charge in [-0.2, -0.15) is 0 Å². The molecule has 0 unspecified atom stereocenters. The van der Waals surface area contributed by atoms with Crippen LogP contribution >= 0.6 is 12.4 Å². The maximum atomic E-state index is 10.7. The second-order valence-corrected chi connectivity index (χ2v) is 3.32. The number of aromatic nitrogens is 1. The second kappa shape index (κ2) is 5.62. The first-order valence-corrected chi connectivity index (χ1v) is 4.74. The molecule has 2 heterocycles. The van der Waals surface area contributed by atoms with Crippen LogP contribution in [0, 0.1) is 10.1 Å². The SMILES string of the molecule is Cl.O=[N+]([O-])c1cccnc1O[C@@H]1CCNC1. The number of nitrogens with zero attached hydrogens (tertiary/aromatic N) is 2. The average molecular weight is 246 g/mol. The second-order valence-electron chi connectivity index (χ2n) is 3.32. The van der Waals surface area contributed by atoms with E-state index in [1.165, 1.54) is 18.3 Å². The first kappa shape index (κ1) is 12.7. The van der Waals surface area contributed by atoms with E-state index in [2.05, 4.69) is 10.3 Å². The van der Waals surface area contributed by atoms with Crippen LogP contribution in [0.4, 0.5) is 5.69 Å². The molecule has 0 aliphatic carbocycles. The molecule has 6 nitrogen and oxygen atoms in total. The normalized spacial score (nSPS) is 18.9. The Labute approximate surface area is 98.6 Å². The summed E-state index contributed by atoms with van der Waals surface area (Å²) in [5.74, 6) is 0.108. The van der Waals surface area contributed by atoms with Gasteiger partial charge in [0.2, 0.25) is 0 Å². The van der Waals surface area contributed by atoms with E-state index < -0.39 is 4.92 Å². The fourth-order valence-corrected chi connectivity index (χ4v) is 1.50. The molecule has 1 fully saturated rings. The van der Waals surface area contributed by atoms with Crippen LogP contribution in [0.15, 0.2) is 18.3 Å². The molecule has 0 aromatic carbocycles. The molecule has 2 rings (SSSR count). The molecule has 0 spiro atoms. The maximum absolute atomic E-state index is 10.7. The van der Waals surface area contributed by atoms with Gasteiger partial charge in [0.05, 0.1) is 4.92 Å². The van der Waals surface area contributed by atoms with Crippen molar-refractivity contribution in [3.8, 4) is 5.88 Å². The molecule has 0 amide bonds. The zero-order valence-corrected chi connectivity index (χ0v) is 9.27. The van der Waals surface area contributed by atoms with E-state index >= 15 is 0 Å². The van der Waals surface area contributed by atoms with Gasteiger partial charge in [-0.15, -0.1) is 12.4 Å². The molecule has 0 bridgehead atoms. The number of nitrogens with one attached hydrogen (secondary N) is 1. The summed E-state index contributed by atoms with van der Waals surface area (Å²) in [6.45, 7) is 1.60. The molecule has 1 saturated heterocycles. The lowest BCUT2D eigenvalue weighted by Gasteiger charge is -2.10. The molecular weight excluding hydrogens is 234 g/mol. The molecule has 88 valence electrons. The Morgan fingerprint density at radius 3 is 3.06 bits per heavy atom. The minimum absolute atomic E-state index is 0. The van der Waals surface area contributed by atoms with Gasteiger partial charge >= 0.3 is 5.69 Å². The van der Waals surface area contributed by atoms with Crippen LogP contribution in [0.1, 0.15) is 6.42 Å². The quantitative estimate of drug-likeness (QED) is 0.639. The topological polar surface area (TPSA) is 77.3 Å². The van der Waals surface area contributed by atoms with Gasteiger partial charge in [-0.1, -0.05) is 0 Å². The van der Waals surface area contributed by atoms with Crippen molar-refractivity contribution in [1.29, 1.82) is 0 Å². The van der Waals surface area contributed by atoms with Gasteiger partial charge in [-0.25, -0.2) is 4.98 Å². The van der Waals surface area contributed by atoms with Crippen molar-refractivity contribution in [3.05, 3.63) is 28.4 Å². The highest BCUT2D eigenvalue weighted by Crippen LogP contribution is 2.24. The van der Waals surface area contributed by atoms with E-state index in [0.29, 0.717) is 6.54 Å². The Kier molecular flexibility index (Phi) is 4.45. The summed E-state index contributed by atoms with van der Waals surface area (Å²) in [5, 5.41) is 13.8. The predicted molar refractivity (Wildman–Crippen MR) is 60.0 cm³/mol. The zero-order chi connectivity index (χ0) is 10.7. The molecular formula is C9H12ClN3O3. The molecule has 7 heteroatoms. The van der Waals surface area contributed by atoms with Crippen LogP contribution in [0.5, 0.6) is 5.88 Å². The Morgan fingerprint density at radius 1 is 1.62 bits per heavy atom. The Morgan fingerprint density at radius 2 is 2.44 bits per heavy atom. The molecule has 0 saturated carbocycles. The molecule has 1 aromatic rings. The molecule has 16 heavy (non-hydrogen) atoms. The number of pyridine rings is 1. The predicted octanol–water partition coefficient (Wildman–Crippen LogP) is 1.15. The van der Waals surface area contributed by atoms with Crippen molar-refractivity contribution >= 4 is 18.1 Å². The summed E-state index contributed by atoms with van der Waals surface area (Å²) < 4.78 is 5.45. The van der Waals surface area contributed by atoms with Crippen molar-refractivity contribution < 1.29 is 9.66 Å². The number of rotatable bonds is 3. The van der Waals surface area contributed by atoms with Gasteiger partial charge < -0.3 is 10.1 Å².